The smallest absolute Gasteiger partial charge is 0.131 e. The lowest BCUT2D eigenvalue weighted by Crippen LogP contribution is -1.94. The lowest BCUT2D eigenvalue weighted by molar-refractivity contribution is 0.945. The van der Waals surface area contributed by atoms with Crippen LogP contribution in [0.3, 0.4) is 0 Å². The molecule has 3 nitrogen and oxygen atoms in total. The van der Waals surface area contributed by atoms with Gasteiger partial charge in [0.25, 0.3) is 0 Å². The van der Waals surface area contributed by atoms with Crippen LogP contribution in [0, 0.1) is 6.92 Å². The Morgan fingerprint density at radius 2 is 2.22 bits per heavy atom. The molecule has 0 aromatic carbocycles. The summed E-state index contributed by atoms with van der Waals surface area (Å²) in [4.78, 5) is 0. The Hall–Kier alpha value is -0.190. The molecule has 0 aliphatic rings. The normalized spacial score (nSPS) is 8.67. The molecule has 0 saturated carbocycles. The monoisotopic (exact) mass is 165 g/mol. The maximum atomic E-state index is 5.27. The van der Waals surface area contributed by atoms with E-state index in [4.69, 9.17) is 5.73 Å². The van der Waals surface area contributed by atoms with Crippen LogP contribution in [0.25, 0.3) is 0 Å². The number of nitrogens with two attached hydrogens (primary N) is 1. The minimum atomic E-state index is 0. The van der Waals surface area contributed by atoms with E-state index in [1.807, 2.05) is 6.92 Å². The van der Waals surface area contributed by atoms with Crippen LogP contribution in [-0.2, 0) is 6.54 Å². The predicted octanol–water partition coefficient (Wildman–Crippen LogP) is 0.727. The summed E-state index contributed by atoms with van der Waals surface area (Å²) in [6.07, 6.45) is 0. The van der Waals surface area contributed by atoms with Crippen molar-refractivity contribution >= 4 is 23.7 Å². The third-order valence-corrected chi connectivity index (χ3v) is 1.60. The number of nitrogens with zero attached hydrogens (tertiary/aromatic N) is 2. The van der Waals surface area contributed by atoms with E-state index in [2.05, 4.69) is 10.2 Å². The lowest BCUT2D eigenvalue weighted by atomic mass is 10.7. The SMILES string of the molecule is Cc1nnc(CN)s1.Cl. The summed E-state index contributed by atoms with van der Waals surface area (Å²) in [6, 6.07) is 0. The molecule has 0 fully saturated rings. The van der Waals surface area contributed by atoms with E-state index in [0.717, 1.165) is 10.0 Å². The second kappa shape index (κ2) is 3.76. The minimum Gasteiger partial charge on any atom is -0.324 e. The van der Waals surface area contributed by atoms with Crippen LogP contribution in [0.1, 0.15) is 10.0 Å². The molecule has 5 heteroatoms. The zero-order valence-electron chi connectivity index (χ0n) is 5.00. The molecule has 0 radical (unpaired) electrons. The average Bonchev–Trinajstić information content (AvgIpc) is 2.14. The van der Waals surface area contributed by atoms with E-state index in [1.165, 1.54) is 0 Å². The number of halogens is 1. The Labute approximate surface area is 63.7 Å². The summed E-state index contributed by atoms with van der Waals surface area (Å²) in [5, 5.41) is 9.44. The molecule has 0 atom stereocenters. The fourth-order valence-corrected chi connectivity index (χ4v) is 1.01. The highest BCUT2D eigenvalue weighted by Gasteiger charge is 1.93. The summed E-state index contributed by atoms with van der Waals surface area (Å²) in [6.45, 7) is 2.42. The van der Waals surface area contributed by atoms with Crippen LogP contribution in [0.15, 0.2) is 0 Å². The van der Waals surface area contributed by atoms with E-state index in [-0.39, 0.29) is 12.4 Å². The van der Waals surface area contributed by atoms with Crippen molar-refractivity contribution in [1.82, 2.24) is 10.2 Å². The Kier molecular flexibility index (Phi) is 3.68. The standard InChI is InChI=1S/C4H7N3S.ClH/c1-3-6-7-4(2-5)8-3;/h2,5H2,1H3;1H. The second-order valence-corrected chi connectivity index (χ2v) is 2.69. The Morgan fingerprint density at radius 1 is 1.56 bits per heavy atom. The molecule has 1 rings (SSSR count). The molecule has 1 aromatic heterocycles. The number of hydrogen-bond acceptors (Lipinski definition) is 4. The average molecular weight is 166 g/mol. The fourth-order valence-electron chi connectivity index (χ4n) is 0.420. The fraction of sp³-hybridized carbons (Fsp3) is 0.500. The van der Waals surface area contributed by atoms with Crippen LogP contribution in [0.2, 0.25) is 0 Å². The van der Waals surface area contributed by atoms with Crippen molar-refractivity contribution in [1.29, 1.82) is 0 Å². The van der Waals surface area contributed by atoms with E-state index in [1.54, 1.807) is 11.3 Å². The van der Waals surface area contributed by atoms with Gasteiger partial charge in [-0.05, 0) is 6.92 Å². The largest absolute Gasteiger partial charge is 0.324 e. The zero-order valence-corrected chi connectivity index (χ0v) is 6.63. The molecule has 1 heterocycles. The summed E-state index contributed by atoms with van der Waals surface area (Å²) >= 11 is 1.54. The molecule has 0 amide bonds. The molecule has 0 aliphatic carbocycles. The topological polar surface area (TPSA) is 51.8 Å². The van der Waals surface area contributed by atoms with Gasteiger partial charge in [0.05, 0.1) is 0 Å². The van der Waals surface area contributed by atoms with Gasteiger partial charge in [-0.2, -0.15) is 0 Å². The van der Waals surface area contributed by atoms with Crippen LogP contribution in [0.4, 0.5) is 0 Å². The zero-order chi connectivity index (χ0) is 5.98. The van der Waals surface area contributed by atoms with Crippen LogP contribution >= 0.6 is 23.7 Å². The second-order valence-electron chi connectivity index (χ2n) is 1.42. The van der Waals surface area contributed by atoms with Crippen molar-refractivity contribution in [3.8, 4) is 0 Å². The van der Waals surface area contributed by atoms with Crippen molar-refractivity contribution in [3.63, 3.8) is 0 Å². The first-order valence-corrected chi connectivity index (χ1v) is 3.13. The minimum absolute atomic E-state index is 0. The number of hydrogen-bond donors (Lipinski definition) is 1. The highest BCUT2D eigenvalue weighted by atomic mass is 35.5. The van der Waals surface area contributed by atoms with Crippen molar-refractivity contribution in [2.24, 2.45) is 5.73 Å². The maximum absolute atomic E-state index is 5.27. The molecule has 52 valence electrons. The molecule has 9 heavy (non-hydrogen) atoms. The first kappa shape index (κ1) is 8.81. The molecule has 0 aliphatic heterocycles. The third-order valence-electron chi connectivity index (χ3n) is 0.742. The molecule has 0 saturated heterocycles. The van der Waals surface area contributed by atoms with Crippen molar-refractivity contribution in [3.05, 3.63) is 10.0 Å². The first-order valence-electron chi connectivity index (χ1n) is 2.32. The van der Waals surface area contributed by atoms with Gasteiger partial charge in [0, 0.05) is 6.54 Å². The van der Waals surface area contributed by atoms with Crippen LogP contribution < -0.4 is 5.73 Å². The van der Waals surface area contributed by atoms with E-state index >= 15 is 0 Å². The summed E-state index contributed by atoms with van der Waals surface area (Å²) in [7, 11) is 0. The lowest BCUT2D eigenvalue weighted by Gasteiger charge is -1.76. The molecule has 0 unspecified atom stereocenters. The molecule has 2 N–H and O–H groups in total. The molecule has 1 aromatic rings. The molecular formula is C4H8ClN3S. The van der Waals surface area contributed by atoms with Gasteiger partial charge in [-0.1, -0.05) is 0 Å². The van der Waals surface area contributed by atoms with Gasteiger partial charge >= 0.3 is 0 Å². The molecule has 0 bridgehead atoms. The number of aryl methyl sites for hydroxylation is 1. The van der Waals surface area contributed by atoms with Gasteiger partial charge in [0.15, 0.2) is 0 Å². The Bertz CT molecular complexity index is 176. The third kappa shape index (κ3) is 2.26. The first-order chi connectivity index (χ1) is 3.83. The highest BCUT2D eigenvalue weighted by Crippen LogP contribution is 2.05. The van der Waals surface area contributed by atoms with Gasteiger partial charge in [-0.15, -0.1) is 33.9 Å². The van der Waals surface area contributed by atoms with E-state index < -0.39 is 0 Å². The van der Waals surface area contributed by atoms with E-state index in [9.17, 15) is 0 Å². The summed E-state index contributed by atoms with van der Waals surface area (Å²) in [5.41, 5.74) is 5.27. The number of aromatic nitrogens is 2. The van der Waals surface area contributed by atoms with Gasteiger partial charge in [0.1, 0.15) is 10.0 Å². The molecule has 0 spiro atoms. The predicted molar refractivity (Wildman–Crippen MR) is 39.8 cm³/mol. The van der Waals surface area contributed by atoms with Gasteiger partial charge in [0.2, 0.25) is 0 Å². The van der Waals surface area contributed by atoms with Crippen molar-refractivity contribution < 1.29 is 0 Å². The van der Waals surface area contributed by atoms with Crippen LogP contribution in [0.5, 0.6) is 0 Å². The highest BCUT2D eigenvalue weighted by molar-refractivity contribution is 7.11. The maximum Gasteiger partial charge on any atom is 0.131 e. The van der Waals surface area contributed by atoms with Gasteiger partial charge in [-0.3, -0.25) is 0 Å². The molecular weight excluding hydrogens is 158 g/mol. The van der Waals surface area contributed by atoms with Crippen LogP contribution in [-0.4, -0.2) is 10.2 Å². The van der Waals surface area contributed by atoms with Crippen molar-refractivity contribution in [2.75, 3.05) is 0 Å². The van der Waals surface area contributed by atoms with E-state index in [0.29, 0.717) is 6.54 Å². The summed E-state index contributed by atoms with van der Waals surface area (Å²) in [5.74, 6) is 0. The van der Waals surface area contributed by atoms with Crippen molar-refractivity contribution in [2.45, 2.75) is 13.5 Å². The van der Waals surface area contributed by atoms with Gasteiger partial charge < -0.3 is 5.73 Å². The van der Waals surface area contributed by atoms with Gasteiger partial charge in [-0.25, -0.2) is 0 Å². The Balaban J connectivity index is 0.000000640. The quantitative estimate of drug-likeness (QED) is 0.668. The summed E-state index contributed by atoms with van der Waals surface area (Å²) < 4.78 is 0. The Morgan fingerprint density at radius 3 is 2.44 bits per heavy atom. The number of rotatable bonds is 1.